The topological polar surface area (TPSA) is 0 Å². The van der Waals surface area contributed by atoms with Gasteiger partial charge in [0.2, 0.25) is 0 Å². The zero-order chi connectivity index (χ0) is 15.0. The Bertz CT molecular complexity index is 378. The highest BCUT2D eigenvalue weighted by atomic mass is 79.9. The minimum Gasteiger partial charge on any atom is -0.0654 e. The molecule has 0 fully saturated rings. The van der Waals surface area contributed by atoms with E-state index in [0.717, 1.165) is 0 Å². The van der Waals surface area contributed by atoms with Gasteiger partial charge in [-0.3, -0.25) is 0 Å². The molecule has 0 aliphatic carbocycles. The number of hydrogen-bond acceptors (Lipinski definition) is 0. The van der Waals surface area contributed by atoms with E-state index < -0.39 is 0 Å². The average molecular weight is 404 g/mol. The first-order valence-electron chi connectivity index (χ1n) is 8.14. The summed E-state index contributed by atoms with van der Waals surface area (Å²) < 4.78 is 2.59. The van der Waals surface area contributed by atoms with Crippen LogP contribution >= 0.6 is 31.9 Å². The van der Waals surface area contributed by atoms with Crippen LogP contribution in [0.4, 0.5) is 0 Å². The van der Waals surface area contributed by atoms with Crippen LogP contribution in [-0.4, -0.2) is 0 Å². The molecular formula is C18H28Br2. The lowest BCUT2D eigenvalue weighted by Crippen LogP contribution is -2.04. The summed E-state index contributed by atoms with van der Waals surface area (Å²) in [5.74, 6) is 0. The van der Waals surface area contributed by atoms with E-state index in [-0.39, 0.29) is 0 Å². The molecule has 0 saturated carbocycles. The van der Waals surface area contributed by atoms with Gasteiger partial charge in [0.25, 0.3) is 0 Å². The van der Waals surface area contributed by atoms with Crippen molar-refractivity contribution in [3.63, 3.8) is 0 Å². The van der Waals surface area contributed by atoms with Crippen LogP contribution in [0.3, 0.4) is 0 Å². The molecule has 0 amide bonds. The van der Waals surface area contributed by atoms with Crippen LogP contribution in [0.15, 0.2) is 15.0 Å². The first kappa shape index (κ1) is 18.2. The second-order valence-corrected chi connectivity index (χ2v) is 7.30. The largest absolute Gasteiger partial charge is 0.0654 e. The summed E-state index contributed by atoms with van der Waals surface area (Å²) >= 11 is 7.58. The summed E-state index contributed by atoms with van der Waals surface area (Å²) in [5, 5.41) is 0. The number of rotatable bonds is 9. The summed E-state index contributed by atoms with van der Waals surface area (Å²) in [6.45, 7) is 6.83. The maximum absolute atomic E-state index is 3.79. The highest BCUT2D eigenvalue weighted by Gasteiger charge is 2.15. The average Bonchev–Trinajstić information content (AvgIpc) is 2.43. The molecule has 1 aromatic carbocycles. The van der Waals surface area contributed by atoms with Crippen LogP contribution in [0.5, 0.6) is 0 Å². The SMILES string of the molecule is CCCCc1c(Br)cc(Br)c(CCCC)c1CCCC. The predicted molar refractivity (Wildman–Crippen MR) is 97.7 cm³/mol. The van der Waals surface area contributed by atoms with Crippen LogP contribution < -0.4 is 0 Å². The van der Waals surface area contributed by atoms with E-state index in [9.17, 15) is 0 Å². The number of halogens is 2. The Balaban J connectivity index is 3.16. The summed E-state index contributed by atoms with van der Waals surface area (Å²) in [7, 11) is 0. The Morgan fingerprint density at radius 2 is 1.00 bits per heavy atom. The van der Waals surface area contributed by atoms with Crippen LogP contribution in [0.2, 0.25) is 0 Å². The van der Waals surface area contributed by atoms with Gasteiger partial charge in [-0.2, -0.15) is 0 Å². The van der Waals surface area contributed by atoms with Gasteiger partial charge in [0.05, 0.1) is 0 Å². The highest BCUT2D eigenvalue weighted by molar-refractivity contribution is 9.11. The van der Waals surface area contributed by atoms with Crippen molar-refractivity contribution in [3.05, 3.63) is 31.7 Å². The van der Waals surface area contributed by atoms with Crippen molar-refractivity contribution in [2.75, 3.05) is 0 Å². The van der Waals surface area contributed by atoms with E-state index in [1.165, 1.54) is 66.7 Å². The van der Waals surface area contributed by atoms with Gasteiger partial charge in [-0.15, -0.1) is 0 Å². The fraction of sp³-hybridized carbons (Fsp3) is 0.667. The van der Waals surface area contributed by atoms with Crippen molar-refractivity contribution < 1.29 is 0 Å². The van der Waals surface area contributed by atoms with E-state index >= 15 is 0 Å². The molecule has 2 heteroatoms. The zero-order valence-electron chi connectivity index (χ0n) is 13.2. The van der Waals surface area contributed by atoms with Gasteiger partial charge >= 0.3 is 0 Å². The Hall–Kier alpha value is 0.180. The van der Waals surface area contributed by atoms with Gasteiger partial charge in [0.15, 0.2) is 0 Å². The molecule has 114 valence electrons. The van der Waals surface area contributed by atoms with Gasteiger partial charge in [-0.1, -0.05) is 71.9 Å². The van der Waals surface area contributed by atoms with Crippen LogP contribution in [-0.2, 0) is 19.3 Å². The molecule has 0 aliphatic rings. The molecule has 0 heterocycles. The molecule has 0 unspecified atom stereocenters. The molecule has 0 atom stereocenters. The van der Waals surface area contributed by atoms with Crippen molar-refractivity contribution in [3.8, 4) is 0 Å². The Morgan fingerprint density at radius 1 is 0.650 bits per heavy atom. The molecule has 0 spiro atoms. The van der Waals surface area contributed by atoms with Crippen molar-refractivity contribution >= 4 is 31.9 Å². The van der Waals surface area contributed by atoms with Crippen LogP contribution in [0.1, 0.15) is 76.0 Å². The summed E-state index contributed by atoms with van der Waals surface area (Å²) in [6, 6.07) is 2.27. The lowest BCUT2D eigenvalue weighted by atomic mass is 9.91. The van der Waals surface area contributed by atoms with Crippen LogP contribution in [0, 0.1) is 0 Å². The Kier molecular flexibility index (Phi) is 9.11. The van der Waals surface area contributed by atoms with Crippen molar-refractivity contribution in [2.45, 2.75) is 78.6 Å². The molecule has 0 aromatic heterocycles. The van der Waals surface area contributed by atoms with Crippen LogP contribution in [0.25, 0.3) is 0 Å². The molecular weight excluding hydrogens is 376 g/mol. The third-order valence-electron chi connectivity index (χ3n) is 3.90. The van der Waals surface area contributed by atoms with E-state index in [2.05, 4.69) is 58.7 Å². The molecule has 1 aromatic rings. The summed E-state index contributed by atoms with van der Waals surface area (Å²) in [5.41, 5.74) is 4.75. The quantitative estimate of drug-likeness (QED) is 0.407. The third kappa shape index (κ3) is 5.18. The maximum Gasteiger partial charge on any atom is 0.0221 e. The molecule has 20 heavy (non-hydrogen) atoms. The third-order valence-corrected chi connectivity index (χ3v) is 5.31. The molecule has 0 aliphatic heterocycles. The van der Waals surface area contributed by atoms with E-state index in [1.807, 2.05) is 0 Å². The fourth-order valence-corrected chi connectivity index (χ4v) is 4.30. The zero-order valence-corrected chi connectivity index (χ0v) is 16.4. The normalized spacial score (nSPS) is 11.1. The van der Waals surface area contributed by atoms with E-state index in [0.29, 0.717) is 0 Å². The van der Waals surface area contributed by atoms with Gasteiger partial charge in [0.1, 0.15) is 0 Å². The first-order chi connectivity index (χ1) is 9.65. The van der Waals surface area contributed by atoms with Crippen molar-refractivity contribution in [2.24, 2.45) is 0 Å². The number of unbranched alkanes of at least 4 members (excludes halogenated alkanes) is 3. The Labute approximate surface area is 142 Å². The Morgan fingerprint density at radius 3 is 1.35 bits per heavy atom. The molecule has 0 saturated heterocycles. The molecule has 0 bridgehead atoms. The monoisotopic (exact) mass is 402 g/mol. The van der Waals surface area contributed by atoms with Gasteiger partial charge < -0.3 is 0 Å². The molecule has 0 radical (unpaired) electrons. The summed E-state index contributed by atoms with van der Waals surface area (Å²) in [4.78, 5) is 0. The predicted octanol–water partition coefficient (Wildman–Crippen LogP) is 7.24. The smallest absolute Gasteiger partial charge is 0.0221 e. The lowest BCUT2D eigenvalue weighted by Gasteiger charge is -2.19. The molecule has 1 rings (SSSR count). The second-order valence-electron chi connectivity index (χ2n) is 5.59. The molecule has 0 N–H and O–H groups in total. The van der Waals surface area contributed by atoms with Gasteiger partial charge in [-0.25, -0.2) is 0 Å². The van der Waals surface area contributed by atoms with Crippen molar-refractivity contribution in [1.82, 2.24) is 0 Å². The first-order valence-corrected chi connectivity index (χ1v) is 9.72. The van der Waals surface area contributed by atoms with E-state index in [1.54, 1.807) is 16.7 Å². The maximum atomic E-state index is 3.79. The fourth-order valence-electron chi connectivity index (χ4n) is 2.66. The second kappa shape index (κ2) is 10.00. The van der Waals surface area contributed by atoms with Gasteiger partial charge in [-0.05, 0) is 61.3 Å². The molecule has 0 nitrogen and oxygen atoms in total. The van der Waals surface area contributed by atoms with Crippen molar-refractivity contribution in [1.29, 1.82) is 0 Å². The van der Waals surface area contributed by atoms with Gasteiger partial charge in [0, 0.05) is 8.95 Å². The lowest BCUT2D eigenvalue weighted by molar-refractivity contribution is 0.731. The highest BCUT2D eigenvalue weighted by Crippen LogP contribution is 2.34. The minimum absolute atomic E-state index is 1.21. The number of hydrogen-bond donors (Lipinski definition) is 0. The summed E-state index contributed by atoms with van der Waals surface area (Å²) in [6.07, 6.45) is 11.3. The van der Waals surface area contributed by atoms with E-state index in [4.69, 9.17) is 0 Å². The standard InChI is InChI=1S/C18H28Br2/c1-4-7-10-14-15(11-8-5-2)17(19)13-18(20)16(14)12-9-6-3/h13H,4-12H2,1-3H3. The number of benzene rings is 1. The minimum atomic E-state index is 1.21.